The van der Waals surface area contributed by atoms with Crippen LogP contribution in [0.4, 0.5) is 11.4 Å². The molecule has 4 heterocycles. The van der Waals surface area contributed by atoms with Crippen LogP contribution < -0.4 is 20.2 Å². The van der Waals surface area contributed by atoms with Gasteiger partial charge in [0.1, 0.15) is 37.1 Å². The molecule has 254 valence electrons. The van der Waals surface area contributed by atoms with E-state index in [0.717, 1.165) is 68.3 Å². The van der Waals surface area contributed by atoms with E-state index in [1.54, 1.807) is 32.8 Å². The minimum atomic E-state index is -0.937. The number of ketones is 1. The van der Waals surface area contributed by atoms with Crippen molar-refractivity contribution in [2.24, 2.45) is 5.92 Å². The van der Waals surface area contributed by atoms with Crippen LogP contribution in [-0.4, -0.2) is 86.4 Å². The molecule has 4 aromatic rings. The molecule has 1 saturated carbocycles. The topological polar surface area (TPSA) is 122 Å². The number of carbonyl (C=O) groups is 1. The number of Topliss-reactive ketones (excluding diaryl/α,β-unsaturated/α-hetero) is 1. The number of hydrogen-bond donors (Lipinski definition) is 0. The minimum Gasteiger partial charge on any atom is -0.491 e. The van der Waals surface area contributed by atoms with Crippen molar-refractivity contribution in [2.75, 3.05) is 49.2 Å². The third kappa shape index (κ3) is 6.74. The van der Waals surface area contributed by atoms with Crippen molar-refractivity contribution < 1.29 is 19.0 Å². The van der Waals surface area contributed by atoms with E-state index in [-0.39, 0.29) is 29.5 Å². The number of piperazine rings is 1. The van der Waals surface area contributed by atoms with Crippen molar-refractivity contribution >= 4 is 17.2 Å². The molecule has 0 amide bonds. The fourth-order valence-electron chi connectivity index (χ4n) is 6.97. The summed E-state index contributed by atoms with van der Waals surface area (Å²) < 4.78 is 22.1. The largest absolute Gasteiger partial charge is 0.491 e. The van der Waals surface area contributed by atoms with Gasteiger partial charge >= 0.3 is 5.69 Å². The van der Waals surface area contributed by atoms with Crippen molar-refractivity contribution in [3.63, 3.8) is 0 Å². The molecule has 2 aromatic heterocycles. The summed E-state index contributed by atoms with van der Waals surface area (Å²) in [6.07, 6.45) is 8.25. The smallest absolute Gasteiger partial charge is 0.350 e. The van der Waals surface area contributed by atoms with Crippen LogP contribution in [-0.2, 0) is 20.8 Å². The van der Waals surface area contributed by atoms with Gasteiger partial charge in [0.15, 0.2) is 5.79 Å². The van der Waals surface area contributed by atoms with Gasteiger partial charge < -0.3 is 24.0 Å². The second-order valence-electron chi connectivity index (χ2n) is 13.0. The molecule has 0 bridgehead atoms. The van der Waals surface area contributed by atoms with Crippen LogP contribution in [0.25, 0.3) is 5.69 Å². The van der Waals surface area contributed by atoms with Crippen molar-refractivity contribution in [1.82, 2.24) is 29.3 Å². The lowest BCUT2D eigenvalue weighted by atomic mass is 9.82. The Bertz CT molecular complexity index is 1710. The third-order valence-electron chi connectivity index (χ3n) is 9.92. The summed E-state index contributed by atoms with van der Waals surface area (Å²) in [5.74, 6) is 0.0510. The summed E-state index contributed by atoms with van der Waals surface area (Å²) in [6, 6.07) is 16.4. The van der Waals surface area contributed by atoms with Crippen LogP contribution in [0, 0.1) is 5.92 Å². The van der Waals surface area contributed by atoms with Gasteiger partial charge in [0.2, 0.25) is 0 Å². The van der Waals surface area contributed by atoms with Gasteiger partial charge in [-0.05, 0) is 74.7 Å². The van der Waals surface area contributed by atoms with Crippen LogP contribution in [0.15, 0.2) is 72.0 Å². The molecule has 2 aliphatic heterocycles. The van der Waals surface area contributed by atoms with E-state index in [2.05, 4.69) is 49.4 Å². The molecule has 3 fully saturated rings. The number of ether oxygens (including phenoxy) is 3. The lowest BCUT2D eigenvalue weighted by Crippen LogP contribution is -2.46. The number of anilines is 2. The Balaban J connectivity index is 0.907. The van der Waals surface area contributed by atoms with E-state index < -0.39 is 5.79 Å². The lowest BCUT2D eigenvalue weighted by Gasteiger charge is -2.37. The predicted molar refractivity (Wildman–Crippen MR) is 180 cm³/mol. The summed E-state index contributed by atoms with van der Waals surface area (Å²) in [7, 11) is 0. The Morgan fingerprint density at radius 1 is 0.917 bits per heavy atom. The number of carbonyl (C=O) groups excluding carboxylic acids is 1. The molecule has 4 atom stereocenters. The van der Waals surface area contributed by atoms with Crippen LogP contribution >= 0.6 is 0 Å². The van der Waals surface area contributed by atoms with Crippen LogP contribution in [0.3, 0.4) is 0 Å². The van der Waals surface area contributed by atoms with Crippen molar-refractivity contribution in [2.45, 2.75) is 70.4 Å². The van der Waals surface area contributed by atoms with Gasteiger partial charge in [-0.2, -0.15) is 20.1 Å². The van der Waals surface area contributed by atoms with E-state index in [1.165, 1.54) is 0 Å². The molecule has 7 rings (SSSR count). The summed E-state index contributed by atoms with van der Waals surface area (Å²) in [6.45, 7) is 8.71. The maximum atomic E-state index is 12.8. The molecule has 0 radical (unpaired) electrons. The van der Waals surface area contributed by atoms with Crippen molar-refractivity contribution in [3.8, 4) is 11.4 Å². The normalized spacial score (nSPS) is 23.8. The summed E-state index contributed by atoms with van der Waals surface area (Å²) >= 11 is 0. The Hall–Kier alpha value is -4.49. The van der Waals surface area contributed by atoms with Gasteiger partial charge in [-0.3, -0.25) is 4.79 Å². The molecule has 13 nitrogen and oxygen atoms in total. The standard InChI is InChI=1S/C35H44N8O5/c1-3-26(2)43-34(45)41(25-38-43)30-9-7-28(8-10-30)39-17-19-40(20-18-39)29-11-13-32(14-12-29)46-22-33-23-47-35(48-33,24-42-36-15-16-37-42)27-5-4-6-31(44)21-27/h7-16,25-27,33H,3-6,17-24H2,1-2H3/t26?,27?,33-,35-/m1/s1. The van der Waals surface area contributed by atoms with Gasteiger partial charge in [0.25, 0.3) is 0 Å². The van der Waals surface area contributed by atoms with Gasteiger partial charge in [-0.25, -0.2) is 14.0 Å². The van der Waals surface area contributed by atoms with E-state index in [0.29, 0.717) is 32.6 Å². The number of aromatic nitrogens is 6. The van der Waals surface area contributed by atoms with Crippen LogP contribution in [0.5, 0.6) is 5.75 Å². The zero-order valence-electron chi connectivity index (χ0n) is 27.7. The van der Waals surface area contributed by atoms with Gasteiger partial charge in [-0.1, -0.05) is 6.92 Å². The number of benzene rings is 2. The van der Waals surface area contributed by atoms with Gasteiger partial charge in [0.05, 0.1) is 30.7 Å². The molecule has 2 saturated heterocycles. The van der Waals surface area contributed by atoms with Gasteiger partial charge in [0, 0.05) is 56.3 Å². The molecule has 3 aliphatic rings. The Morgan fingerprint density at radius 3 is 2.21 bits per heavy atom. The minimum absolute atomic E-state index is 0.0368. The highest BCUT2D eigenvalue weighted by Crippen LogP contribution is 2.40. The fraction of sp³-hybridized carbons (Fsp3) is 0.514. The predicted octanol–water partition coefficient (Wildman–Crippen LogP) is 3.87. The average molecular weight is 657 g/mol. The Morgan fingerprint density at radius 2 is 1.56 bits per heavy atom. The molecule has 48 heavy (non-hydrogen) atoms. The van der Waals surface area contributed by atoms with E-state index in [4.69, 9.17) is 14.2 Å². The summed E-state index contributed by atoms with van der Waals surface area (Å²) in [4.78, 5) is 31.4. The average Bonchev–Trinajstić information content (AvgIpc) is 3.89. The maximum Gasteiger partial charge on any atom is 0.350 e. The highest BCUT2D eigenvalue weighted by atomic mass is 16.8. The first-order chi connectivity index (χ1) is 23.4. The fourth-order valence-corrected chi connectivity index (χ4v) is 6.97. The Kier molecular flexibility index (Phi) is 9.31. The van der Waals surface area contributed by atoms with Gasteiger partial charge in [-0.15, -0.1) is 0 Å². The molecule has 0 spiro atoms. The Labute approximate surface area is 280 Å². The van der Waals surface area contributed by atoms with Crippen molar-refractivity contribution in [3.05, 3.63) is 77.7 Å². The van der Waals surface area contributed by atoms with Crippen LogP contribution in [0.1, 0.15) is 52.0 Å². The van der Waals surface area contributed by atoms with Crippen molar-refractivity contribution in [1.29, 1.82) is 0 Å². The molecule has 2 unspecified atom stereocenters. The SMILES string of the molecule is CCC(C)n1ncn(-c2ccc(N3CCN(c4ccc(OC[C@@H]5CO[C@@](Cn6nccn6)(C6CCCC(=O)C6)O5)cc4)CC3)cc2)c1=O. The second-order valence-corrected chi connectivity index (χ2v) is 13.0. The first-order valence-corrected chi connectivity index (χ1v) is 17.1. The highest BCUT2D eigenvalue weighted by molar-refractivity contribution is 5.79. The first-order valence-electron chi connectivity index (χ1n) is 17.1. The zero-order chi connectivity index (χ0) is 33.1. The van der Waals surface area contributed by atoms with E-state index >= 15 is 0 Å². The quantitative estimate of drug-likeness (QED) is 0.235. The summed E-state index contributed by atoms with van der Waals surface area (Å²) in [5.41, 5.74) is 3.00. The second kappa shape index (κ2) is 13.9. The summed E-state index contributed by atoms with van der Waals surface area (Å²) in [5, 5.41) is 12.8. The monoisotopic (exact) mass is 656 g/mol. The lowest BCUT2D eigenvalue weighted by molar-refractivity contribution is -0.223. The third-order valence-corrected chi connectivity index (χ3v) is 9.92. The molecule has 13 heteroatoms. The molecular formula is C35H44N8O5. The molecule has 2 aromatic carbocycles. The number of hydrogen-bond acceptors (Lipinski definition) is 10. The highest BCUT2D eigenvalue weighted by Gasteiger charge is 2.50. The van der Waals surface area contributed by atoms with E-state index in [1.807, 2.05) is 38.1 Å². The van der Waals surface area contributed by atoms with Crippen LogP contribution in [0.2, 0.25) is 0 Å². The number of nitrogens with zero attached hydrogens (tertiary/aromatic N) is 8. The van der Waals surface area contributed by atoms with E-state index in [9.17, 15) is 9.59 Å². The number of rotatable bonds is 11. The first kappa shape index (κ1) is 32.1. The maximum absolute atomic E-state index is 12.8. The zero-order valence-corrected chi connectivity index (χ0v) is 27.7. The molecule has 0 N–H and O–H groups in total. The molecular weight excluding hydrogens is 612 g/mol. The molecule has 1 aliphatic carbocycles.